The molecule has 3 aliphatic heterocycles. The van der Waals surface area contributed by atoms with Crippen molar-refractivity contribution in [2.75, 3.05) is 12.5 Å². The van der Waals surface area contributed by atoms with Gasteiger partial charge in [-0.3, -0.25) is 5.43 Å². The Morgan fingerprint density at radius 3 is 2.53 bits per heavy atom. The van der Waals surface area contributed by atoms with Crippen LogP contribution in [-0.4, -0.2) is 22.4 Å². The Kier molecular flexibility index (Phi) is 3.59. The molecule has 0 spiro atoms. The van der Waals surface area contributed by atoms with E-state index < -0.39 is 0 Å². The van der Waals surface area contributed by atoms with Crippen LogP contribution in [0.25, 0.3) is 33.1 Å². The quantitative estimate of drug-likeness (QED) is 0.435. The summed E-state index contributed by atoms with van der Waals surface area (Å²) in [6, 6.07) is 23.0. The lowest BCUT2D eigenvalue weighted by molar-refractivity contribution is 0.415. The van der Waals surface area contributed by atoms with Gasteiger partial charge in [-0.1, -0.05) is 54.1 Å². The van der Waals surface area contributed by atoms with E-state index in [2.05, 4.69) is 71.5 Å². The van der Waals surface area contributed by atoms with Gasteiger partial charge in [-0.2, -0.15) is 5.10 Å². The molecule has 0 unspecified atom stereocenters. The molecule has 5 nitrogen and oxygen atoms in total. The van der Waals surface area contributed by atoms with Crippen molar-refractivity contribution in [3.05, 3.63) is 77.9 Å². The third kappa shape index (κ3) is 2.42. The van der Waals surface area contributed by atoms with Crippen LogP contribution < -0.4 is 10.2 Å². The van der Waals surface area contributed by atoms with E-state index in [-0.39, 0.29) is 0 Å². The summed E-state index contributed by atoms with van der Waals surface area (Å²) in [6.07, 6.45) is 0. The predicted octanol–water partition coefficient (Wildman–Crippen LogP) is 5.44. The number of aryl methyl sites for hydroxylation is 1. The minimum absolute atomic E-state index is 0.660. The van der Waals surface area contributed by atoms with E-state index in [9.17, 15) is 0 Å². The third-order valence-corrected chi connectivity index (χ3v) is 5.89. The van der Waals surface area contributed by atoms with E-state index in [1.54, 1.807) is 7.11 Å². The van der Waals surface area contributed by atoms with Crippen molar-refractivity contribution in [3.63, 3.8) is 0 Å². The Labute approximate surface area is 174 Å². The maximum atomic E-state index is 5.48. The number of benzene rings is 3. The second-order valence-electron chi connectivity index (χ2n) is 7.71. The first kappa shape index (κ1) is 17.0. The second-order valence-corrected chi connectivity index (χ2v) is 7.71. The van der Waals surface area contributed by atoms with E-state index >= 15 is 0 Å². The summed E-state index contributed by atoms with van der Waals surface area (Å²) < 4.78 is 7.73. The molecular formula is C25H20N4O. The highest BCUT2D eigenvalue weighted by molar-refractivity contribution is 6.14. The number of fused-ring (bicyclic) bond motifs is 8. The van der Waals surface area contributed by atoms with E-state index in [0.717, 1.165) is 55.9 Å². The molecule has 146 valence electrons. The zero-order valence-corrected chi connectivity index (χ0v) is 16.8. The van der Waals surface area contributed by atoms with Crippen molar-refractivity contribution in [3.8, 4) is 17.1 Å². The largest absolute Gasteiger partial charge is 0.497 e. The Balaban J connectivity index is 1.63. The minimum Gasteiger partial charge on any atom is -0.497 e. The number of hydrogen-bond acceptors (Lipinski definition) is 4. The second kappa shape index (κ2) is 6.32. The van der Waals surface area contributed by atoms with Crippen molar-refractivity contribution in [1.29, 1.82) is 0 Å². The predicted molar refractivity (Wildman–Crippen MR) is 122 cm³/mol. The molecule has 0 radical (unpaired) electrons. The number of methoxy groups -OCH3 is 1. The van der Waals surface area contributed by atoms with Gasteiger partial charge in [0.25, 0.3) is 0 Å². The standard InChI is InChI=1S/C25H20N4O/c1-15-7-9-16(10-8-15)22-14-29-24(28-27-22)19-6-4-3-5-18(19)23-20-13-17(30-2)11-12-21(20)26-25(23)29/h3-13,28H,14H2,1-2H3. The molecule has 0 saturated carbocycles. The number of nitrogens with one attached hydrogen (secondary N) is 1. The lowest BCUT2D eigenvalue weighted by atomic mass is 10.0. The van der Waals surface area contributed by atoms with Gasteiger partial charge < -0.3 is 9.30 Å². The van der Waals surface area contributed by atoms with Crippen LogP contribution >= 0.6 is 0 Å². The highest BCUT2D eigenvalue weighted by atomic mass is 16.5. The molecule has 0 atom stereocenters. The number of ether oxygens (including phenoxy) is 1. The summed E-state index contributed by atoms with van der Waals surface area (Å²) in [7, 11) is 1.70. The Bertz CT molecular complexity index is 1430. The average molecular weight is 392 g/mol. The van der Waals surface area contributed by atoms with Gasteiger partial charge in [0.15, 0.2) is 0 Å². The van der Waals surface area contributed by atoms with Gasteiger partial charge in [-0.25, -0.2) is 4.98 Å². The Hall–Kier alpha value is -3.86. The molecule has 0 bridgehead atoms. The molecule has 30 heavy (non-hydrogen) atoms. The first-order valence-corrected chi connectivity index (χ1v) is 10.0. The van der Waals surface area contributed by atoms with Gasteiger partial charge in [0, 0.05) is 16.3 Å². The highest BCUT2D eigenvalue weighted by Gasteiger charge is 2.26. The lowest BCUT2D eigenvalue weighted by Gasteiger charge is -2.25. The summed E-state index contributed by atoms with van der Waals surface area (Å²) in [5, 5.41) is 8.11. The van der Waals surface area contributed by atoms with E-state index in [1.165, 1.54) is 5.56 Å². The molecule has 6 rings (SSSR count). The summed E-state index contributed by atoms with van der Waals surface area (Å²) in [5.41, 5.74) is 8.78. The fraction of sp³-hybridized carbons (Fsp3) is 0.120. The molecule has 0 amide bonds. The van der Waals surface area contributed by atoms with Gasteiger partial charge in [0.2, 0.25) is 0 Å². The maximum Gasteiger partial charge on any atom is 0.143 e. The highest BCUT2D eigenvalue weighted by Crippen LogP contribution is 2.42. The van der Waals surface area contributed by atoms with E-state index in [0.29, 0.717) is 6.54 Å². The SMILES string of the molecule is COc1ccc2nc3n4c(c5ccccc5c-3c2c1)NN=C(c1ccc(C)cc1)C4. The number of anilines is 1. The van der Waals surface area contributed by atoms with Crippen LogP contribution in [-0.2, 0) is 6.54 Å². The molecule has 3 aromatic carbocycles. The first-order chi connectivity index (χ1) is 14.7. The first-order valence-electron chi connectivity index (χ1n) is 10.0. The monoisotopic (exact) mass is 392 g/mol. The van der Waals surface area contributed by atoms with Gasteiger partial charge in [-0.05, 0) is 36.1 Å². The number of nitrogens with zero attached hydrogens (tertiary/aromatic N) is 3. The Morgan fingerprint density at radius 2 is 1.73 bits per heavy atom. The van der Waals surface area contributed by atoms with Crippen molar-refractivity contribution in [2.24, 2.45) is 5.10 Å². The zero-order valence-electron chi connectivity index (χ0n) is 16.8. The normalized spacial score (nSPS) is 13.3. The maximum absolute atomic E-state index is 5.48. The fourth-order valence-electron chi connectivity index (χ4n) is 4.33. The number of aromatic nitrogens is 2. The molecule has 0 aromatic heterocycles. The van der Waals surface area contributed by atoms with Crippen LogP contribution in [0.15, 0.2) is 71.8 Å². The number of rotatable bonds is 2. The lowest BCUT2D eigenvalue weighted by Crippen LogP contribution is -2.23. The third-order valence-electron chi connectivity index (χ3n) is 5.89. The van der Waals surface area contributed by atoms with Crippen LogP contribution in [0.2, 0.25) is 0 Å². The van der Waals surface area contributed by atoms with Crippen LogP contribution in [0.4, 0.5) is 5.82 Å². The van der Waals surface area contributed by atoms with Gasteiger partial charge in [-0.15, -0.1) is 0 Å². The van der Waals surface area contributed by atoms with Crippen LogP contribution in [0.5, 0.6) is 5.75 Å². The van der Waals surface area contributed by atoms with Crippen molar-refractivity contribution in [2.45, 2.75) is 13.5 Å². The average Bonchev–Trinajstić information content (AvgIpc) is 3.18. The molecular weight excluding hydrogens is 372 g/mol. The molecule has 3 heterocycles. The number of pyridine rings is 1. The van der Waals surface area contributed by atoms with Crippen molar-refractivity contribution < 1.29 is 4.74 Å². The van der Waals surface area contributed by atoms with E-state index in [4.69, 9.17) is 14.8 Å². The summed E-state index contributed by atoms with van der Waals surface area (Å²) in [4.78, 5) is 5.01. The molecule has 1 N–H and O–H groups in total. The van der Waals surface area contributed by atoms with Gasteiger partial charge in [0.05, 0.1) is 24.9 Å². The minimum atomic E-state index is 0.660. The topological polar surface area (TPSA) is 51.4 Å². The summed E-state index contributed by atoms with van der Waals surface area (Å²) in [5.74, 6) is 2.77. The van der Waals surface area contributed by atoms with Crippen molar-refractivity contribution >= 4 is 33.2 Å². The fourth-order valence-corrected chi connectivity index (χ4v) is 4.33. The number of hydrazone groups is 1. The Morgan fingerprint density at radius 1 is 0.933 bits per heavy atom. The van der Waals surface area contributed by atoms with Crippen LogP contribution in [0.3, 0.4) is 0 Å². The molecule has 3 aliphatic rings. The molecule has 3 aromatic rings. The van der Waals surface area contributed by atoms with Gasteiger partial charge >= 0.3 is 0 Å². The summed E-state index contributed by atoms with van der Waals surface area (Å²) in [6.45, 7) is 2.76. The zero-order chi connectivity index (χ0) is 20.2. The van der Waals surface area contributed by atoms with Gasteiger partial charge in [0.1, 0.15) is 17.4 Å². The molecule has 0 saturated heterocycles. The molecule has 0 fully saturated rings. The summed E-state index contributed by atoms with van der Waals surface area (Å²) >= 11 is 0. The van der Waals surface area contributed by atoms with E-state index in [1.807, 2.05) is 12.1 Å². The number of hydrogen-bond donors (Lipinski definition) is 1. The van der Waals surface area contributed by atoms with Crippen molar-refractivity contribution in [1.82, 2.24) is 9.55 Å². The smallest absolute Gasteiger partial charge is 0.143 e. The molecule has 0 aliphatic carbocycles. The molecule has 5 heteroatoms. The van der Waals surface area contributed by atoms with Crippen LogP contribution in [0.1, 0.15) is 11.1 Å². The van der Waals surface area contributed by atoms with Crippen LogP contribution in [0, 0.1) is 6.92 Å².